The third kappa shape index (κ3) is 4.93. The molecule has 1 heterocycles. The first-order chi connectivity index (χ1) is 7.58. The van der Waals surface area contributed by atoms with Gasteiger partial charge in [-0.05, 0) is 34.0 Å². The number of aromatic nitrogens is 2. The fraction of sp³-hybridized carbons (Fsp3) is 0.636. The van der Waals surface area contributed by atoms with Crippen molar-refractivity contribution in [2.45, 2.75) is 19.9 Å². The summed E-state index contributed by atoms with van der Waals surface area (Å²) in [6.45, 7) is 5.99. The first-order valence-corrected chi connectivity index (χ1v) is 5.56. The number of hydrogen-bond acceptors (Lipinski definition) is 5. The second-order valence-corrected chi connectivity index (χ2v) is 4.29. The molecule has 5 nitrogen and oxygen atoms in total. The Bertz CT molecular complexity index is 311. The van der Waals surface area contributed by atoms with E-state index in [-0.39, 0.29) is 0 Å². The van der Waals surface area contributed by atoms with Crippen LogP contribution in [0.2, 0.25) is 0 Å². The number of likely N-dealkylation sites (N-methyl/N-ethyl adjacent to an activating group) is 1. The minimum absolute atomic E-state index is 0.344. The third-order valence-corrected chi connectivity index (χ3v) is 1.94. The normalized spacial score (nSPS) is 10.9. The summed E-state index contributed by atoms with van der Waals surface area (Å²) in [7, 11) is 4.10. The van der Waals surface area contributed by atoms with Gasteiger partial charge in [-0.1, -0.05) is 0 Å². The lowest BCUT2D eigenvalue weighted by Crippen LogP contribution is -2.21. The van der Waals surface area contributed by atoms with E-state index in [0.717, 1.165) is 18.9 Å². The molecule has 2 N–H and O–H groups in total. The maximum Gasteiger partial charge on any atom is 0.224 e. The number of hydrogen-bond donors (Lipinski definition) is 2. The molecule has 0 atom stereocenters. The second-order valence-electron chi connectivity index (χ2n) is 4.29. The fourth-order valence-electron chi connectivity index (χ4n) is 1.19. The fourth-order valence-corrected chi connectivity index (χ4v) is 1.19. The van der Waals surface area contributed by atoms with Crippen LogP contribution in [-0.2, 0) is 0 Å². The predicted molar refractivity (Wildman–Crippen MR) is 67.8 cm³/mol. The van der Waals surface area contributed by atoms with E-state index in [1.54, 1.807) is 6.20 Å². The molecule has 0 aliphatic rings. The minimum Gasteiger partial charge on any atom is -0.369 e. The van der Waals surface area contributed by atoms with Gasteiger partial charge in [0.15, 0.2) is 0 Å². The summed E-state index contributed by atoms with van der Waals surface area (Å²) >= 11 is 0. The van der Waals surface area contributed by atoms with Crippen LogP contribution < -0.4 is 10.6 Å². The van der Waals surface area contributed by atoms with Gasteiger partial charge in [-0.25, -0.2) is 4.98 Å². The molecule has 0 bridgehead atoms. The topological polar surface area (TPSA) is 53.1 Å². The van der Waals surface area contributed by atoms with E-state index >= 15 is 0 Å². The molecule has 0 fully saturated rings. The number of anilines is 2. The van der Waals surface area contributed by atoms with E-state index in [0.29, 0.717) is 12.0 Å². The summed E-state index contributed by atoms with van der Waals surface area (Å²) in [6.07, 6.45) is 1.76. The Hall–Kier alpha value is -1.36. The number of rotatable bonds is 6. The molecule has 1 rings (SSSR count). The molecule has 0 aliphatic carbocycles. The molecular weight excluding hydrogens is 202 g/mol. The monoisotopic (exact) mass is 223 g/mol. The van der Waals surface area contributed by atoms with Gasteiger partial charge in [0, 0.05) is 25.3 Å². The van der Waals surface area contributed by atoms with Gasteiger partial charge < -0.3 is 15.5 Å². The Morgan fingerprint density at radius 3 is 2.75 bits per heavy atom. The van der Waals surface area contributed by atoms with Gasteiger partial charge >= 0.3 is 0 Å². The van der Waals surface area contributed by atoms with Crippen molar-refractivity contribution in [3.05, 3.63) is 12.3 Å². The van der Waals surface area contributed by atoms with Gasteiger partial charge in [0.1, 0.15) is 5.82 Å². The van der Waals surface area contributed by atoms with Crippen molar-refractivity contribution in [3.8, 4) is 0 Å². The molecule has 1 aromatic rings. The van der Waals surface area contributed by atoms with Gasteiger partial charge in [-0.15, -0.1) is 0 Å². The van der Waals surface area contributed by atoms with Crippen LogP contribution >= 0.6 is 0 Å². The summed E-state index contributed by atoms with van der Waals surface area (Å²) < 4.78 is 0. The summed E-state index contributed by atoms with van der Waals surface area (Å²) in [4.78, 5) is 10.6. The Balaban J connectivity index is 2.47. The minimum atomic E-state index is 0.344. The van der Waals surface area contributed by atoms with Crippen LogP contribution in [0.3, 0.4) is 0 Å². The standard InChI is InChI=1S/C11H21N5/c1-9(2)14-11-13-6-5-10(15-11)12-7-8-16(3)4/h5-6,9H,7-8H2,1-4H3,(H2,12,13,14,15). The molecular formula is C11H21N5. The van der Waals surface area contributed by atoms with Crippen LogP contribution in [0, 0.1) is 0 Å². The molecule has 0 saturated heterocycles. The van der Waals surface area contributed by atoms with Crippen LogP contribution in [0.25, 0.3) is 0 Å². The highest BCUT2D eigenvalue weighted by atomic mass is 15.2. The van der Waals surface area contributed by atoms with Gasteiger partial charge in [-0.2, -0.15) is 4.98 Å². The molecule has 0 aromatic carbocycles. The van der Waals surface area contributed by atoms with Crippen molar-refractivity contribution in [1.82, 2.24) is 14.9 Å². The molecule has 90 valence electrons. The lowest BCUT2D eigenvalue weighted by molar-refractivity contribution is 0.425. The maximum atomic E-state index is 4.36. The predicted octanol–water partition coefficient (Wildman–Crippen LogP) is 1.27. The Morgan fingerprint density at radius 2 is 2.12 bits per heavy atom. The van der Waals surface area contributed by atoms with Crippen LogP contribution in [0.1, 0.15) is 13.8 Å². The smallest absolute Gasteiger partial charge is 0.224 e. The number of nitrogens with zero attached hydrogens (tertiary/aromatic N) is 3. The lowest BCUT2D eigenvalue weighted by Gasteiger charge is -2.12. The first kappa shape index (κ1) is 12.7. The third-order valence-electron chi connectivity index (χ3n) is 1.94. The van der Waals surface area contributed by atoms with E-state index in [1.165, 1.54) is 0 Å². The van der Waals surface area contributed by atoms with E-state index in [9.17, 15) is 0 Å². The van der Waals surface area contributed by atoms with Crippen LogP contribution in [0.15, 0.2) is 12.3 Å². The van der Waals surface area contributed by atoms with Crippen molar-refractivity contribution in [2.24, 2.45) is 0 Å². The molecule has 16 heavy (non-hydrogen) atoms. The average molecular weight is 223 g/mol. The van der Waals surface area contributed by atoms with Crippen LogP contribution in [-0.4, -0.2) is 48.1 Å². The highest BCUT2D eigenvalue weighted by molar-refractivity contribution is 5.39. The van der Waals surface area contributed by atoms with E-state index in [2.05, 4.69) is 39.3 Å². The summed E-state index contributed by atoms with van der Waals surface area (Å²) in [5, 5.41) is 6.43. The van der Waals surface area contributed by atoms with E-state index in [4.69, 9.17) is 0 Å². The number of nitrogens with one attached hydrogen (secondary N) is 2. The van der Waals surface area contributed by atoms with Gasteiger partial charge in [-0.3, -0.25) is 0 Å². The van der Waals surface area contributed by atoms with Crippen molar-refractivity contribution in [1.29, 1.82) is 0 Å². The van der Waals surface area contributed by atoms with Crippen LogP contribution in [0.4, 0.5) is 11.8 Å². The zero-order valence-corrected chi connectivity index (χ0v) is 10.5. The van der Waals surface area contributed by atoms with Gasteiger partial charge in [0.05, 0.1) is 0 Å². The largest absolute Gasteiger partial charge is 0.369 e. The quantitative estimate of drug-likeness (QED) is 0.760. The molecule has 0 spiro atoms. The van der Waals surface area contributed by atoms with Crippen molar-refractivity contribution in [2.75, 3.05) is 37.8 Å². The highest BCUT2D eigenvalue weighted by Gasteiger charge is 2.00. The summed E-state index contributed by atoms with van der Waals surface area (Å²) in [5.41, 5.74) is 0. The van der Waals surface area contributed by atoms with E-state index < -0.39 is 0 Å². The molecule has 0 aliphatic heterocycles. The Morgan fingerprint density at radius 1 is 1.38 bits per heavy atom. The zero-order valence-electron chi connectivity index (χ0n) is 10.5. The van der Waals surface area contributed by atoms with E-state index in [1.807, 2.05) is 20.2 Å². The Kier molecular flexibility index (Phi) is 4.98. The second kappa shape index (κ2) is 6.27. The average Bonchev–Trinajstić information content (AvgIpc) is 2.16. The molecule has 0 saturated carbocycles. The summed E-state index contributed by atoms with van der Waals surface area (Å²) in [5.74, 6) is 1.53. The SMILES string of the molecule is CC(C)Nc1nccc(NCCN(C)C)n1. The molecule has 0 amide bonds. The van der Waals surface area contributed by atoms with Gasteiger partial charge in [0.2, 0.25) is 5.95 Å². The summed E-state index contributed by atoms with van der Waals surface area (Å²) in [6, 6.07) is 2.22. The molecule has 5 heteroatoms. The Labute approximate surface area is 97.3 Å². The zero-order chi connectivity index (χ0) is 12.0. The van der Waals surface area contributed by atoms with Crippen molar-refractivity contribution < 1.29 is 0 Å². The molecule has 0 unspecified atom stereocenters. The molecule has 0 radical (unpaired) electrons. The van der Waals surface area contributed by atoms with Gasteiger partial charge in [0.25, 0.3) is 0 Å². The first-order valence-electron chi connectivity index (χ1n) is 5.56. The van der Waals surface area contributed by atoms with Crippen LogP contribution in [0.5, 0.6) is 0 Å². The maximum absolute atomic E-state index is 4.36. The highest BCUT2D eigenvalue weighted by Crippen LogP contribution is 2.06. The van der Waals surface area contributed by atoms with Crippen molar-refractivity contribution >= 4 is 11.8 Å². The van der Waals surface area contributed by atoms with Crippen molar-refractivity contribution in [3.63, 3.8) is 0 Å². The lowest BCUT2D eigenvalue weighted by atomic mass is 10.4. The molecule has 1 aromatic heterocycles.